The summed E-state index contributed by atoms with van der Waals surface area (Å²) in [6.07, 6.45) is 1.63. The van der Waals surface area contributed by atoms with Crippen LogP contribution >= 0.6 is 0 Å². The van der Waals surface area contributed by atoms with E-state index in [1.54, 1.807) is 42.6 Å². The van der Waals surface area contributed by atoms with Gasteiger partial charge in [0.05, 0.1) is 28.0 Å². The second kappa shape index (κ2) is 17.2. The third kappa shape index (κ3) is 8.36. The van der Waals surface area contributed by atoms with Gasteiger partial charge in [0.15, 0.2) is 0 Å². The molecule has 10 aromatic rings. The summed E-state index contributed by atoms with van der Waals surface area (Å²) in [5, 5.41) is 11.6. The van der Waals surface area contributed by atoms with Crippen molar-refractivity contribution in [1.82, 2.24) is 14.5 Å². The van der Waals surface area contributed by atoms with Crippen LogP contribution in [0.5, 0.6) is 5.75 Å². The molecule has 0 fully saturated rings. The molecular formula is C63H55N3O. The number of hydrogen-bond donors (Lipinski definition) is 1. The fourth-order valence-corrected chi connectivity index (χ4v) is 9.06. The maximum Gasteiger partial charge on any atom is 0.149 e. The highest BCUT2D eigenvalue weighted by molar-refractivity contribution is 5.98. The highest BCUT2D eigenvalue weighted by Crippen LogP contribution is 2.44. The van der Waals surface area contributed by atoms with Gasteiger partial charge in [-0.25, -0.2) is 4.98 Å². The number of rotatable bonds is 8. The average molecular weight is 882 g/mol. The van der Waals surface area contributed by atoms with Crippen LogP contribution in [-0.4, -0.2) is 19.6 Å². The van der Waals surface area contributed by atoms with E-state index in [0.717, 1.165) is 44.5 Å². The van der Waals surface area contributed by atoms with Crippen molar-refractivity contribution in [3.8, 4) is 89.7 Å². The molecule has 2 heterocycles. The first-order valence-corrected chi connectivity index (χ1v) is 22.2. The molecule has 0 atom stereocenters. The average Bonchev–Trinajstić information content (AvgIpc) is 3.73. The summed E-state index contributed by atoms with van der Waals surface area (Å²) in [7, 11) is 0. The van der Waals surface area contributed by atoms with Crippen molar-refractivity contribution in [1.29, 1.82) is 0 Å². The number of aryl methyl sites for hydroxylation is 1. The standard InChI is InChI=1S/C63H55N3O/c1-41-36-46(59-51(44-20-12-9-13-21-44)23-16-25-54(59)63(5,6)7)30-33-56(41)66-57-26-17-24-52(60(57)65-61(66)53-22-14-15-27-58(53)67)48-37-47(42-18-10-8-11-19-42)38-49(39-48)55-40-45(34-35-64-55)43-28-31-50(32-29-43)62(2,3)4/h8-40,67H,1-7H3/i1D3,2D3,3D3,4D3. The molecule has 4 heteroatoms. The van der Waals surface area contributed by atoms with Crippen LogP contribution in [0.4, 0.5) is 0 Å². The van der Waals surface area contributed by atoms with Crippen LogP contribution in [0, 0.1) is 6.85 Å². The van der Waals surface area contributed by atoms with Crippen molar-refractivity contribution < 1.29 is 21.6 Å². The Hall–Kier alpha value is -7.82. The molecule has 328 valence electrons. The molecule has 2 aromatic heterocycles. The van der Waals surface area contributed by atoms with Gasteiger partial charge in [-0.3, -0.25) is 9.55 Å². The van der Waals surface area contributed by atoms with Crippen molar-refractivity contribution in [3.05, 3.63) is 217 Å². The van der Waals surface area contributed by atoms with E-state index in [0.29, 0.717) is 56.1 Å². The molecule has 4 nitrogen and oxygen atoms in total. The molecule has 10 rings (SSSR count). The normalized spacial score (nSPS) is 15.3. The third-order valence-electron chi connectivity index (χ3n) is 12.4. The number of pyridine rings is 1. The molecule has 0 aliphatic carbocycles. The SMILES string of the molecule is [2H]C([2H])([2H])c1cc(-c2c(-c3ccccc3)cccc2C(C)(C)C)ccc1-n1c(-c2ccccc2O)nc2c(-c3cc(-c4ccccc4)cc(-c4cc(-c5ccc(C(C([2H])([2H])[2H])(C([2H])([2H])[2H])C([2H])([2H])[2H])cc5)ccn4)c3)cccc21. The Morgan fingerprint density at radius 2 is 1.13 bits per heavy atom. The van der Waals surface area contributed by atoms with E-state index >= 15 is 0 Å². The van der Waals surface area contributed by atoms with Crippen LogP contribution in [0.25, 0.3) is 95.0 Å². The molecule has 0 radical (unpaired) electrons. The Kier molecular flexibility index (Phi) is 8.00. The summed E-state index contributed by atoms with van der Waals surface area (Å²) >= 11 is 0. The molecule has 0 unspecified atom stereocenters. The van der Waals surface area contributed by atoms with E-state index in [9.17, 15) is 5.11 Å². The van der Waals surface area contributed by atoms with Gasteiger partial charge in [-0.15, -0.1) is 0 Å². The second-order valence-corrected chi connectivity index (χ2v) is 18.0. The summed E-state index contributed by atoms with van der Waals surface area (Å²) in [5.41, 5.74) is 8.59. The van der Waals surface area contributed by atoms with E-state index < -0.39 is 32.8 Å². The number of para-hydroxylation sites is 2. The summed E-state index contributed by atoms with van der Waals surface area (Å²) < 4.78 is 103. The zero-order valence-corrected chi connectivity index (χ0v) is 37.3. The third-order valence-corrected chi connectivity index (χ3v) is 12.4. The first-order chi connectivity index (χ1) is 37.3. The van der Waals surface area contributed by atoms with Gasteiger partial charge in [0, 0.05) is 33.8 Å². The van der Waals surface area contributed by atoms with E-state index in [4.69, 9.17) is 26.4 Å². The lowest BCUT2D eigenvalue weighted by Gasteiger charge is -2.26. The highest BCUT2D eigenvalue weighted by Gasteiger charge is 2.25. The van der Waals surface area contributed by atoms with E-state index in [2.05, 4.69) is 51.1 Å². The Morgan fingerprint density at radius 1 is 0.493 bits per heavy atom. The van der Waals surface area contributed by atoms with Gasteiger partial charge in [0.2, 0.25) is 0 Å². The van der Waals surface area contributed by atoms with Gasteiger partial charge < -0.3 is 5.11 Å². The predicted octanol–water partition coefficient (Wildman–Crippen LogP) is 16.7. The van der Waals surface area contributed by atoms with Gasteiger partial charge in [-0.1, -0.05) is 175 Å². The number of aromatic nitrogens is 3. The number of phenolic OH excluding ortho intramolecular Hbond substituents is 1. The molecular weight excluding hydrogens is 815 g/mol. The zero-order valence-electron chi connectivity index (χ0n) is 49.3. The lowest BCUT2D eigenvalue weighted by molar-refractivity contribution is 0.477. The van der Waals surface area contributed by atoms with Crippen molar-refractivity contribution in [2.24, 2.45) is 0 Å². The topological polar surface area (TPSA) is 50.9 Å². The number of fused-ring (bicyclic) bond motifs is 1. The highest BCUT2D eigenvalue weighted by atomic mass is 16.3. The molecule has 0 spiro atoms. The molecule has 1 N–H and O–H groups in total. The van der Waals surface area contributed by atoms with Gasteiger partial charge in [-0.05, 0) is 145 Å². The number of benzene rings is 8. The van der Waals surface area contributed by atoms with Crippen LogP contribution in [0.1, 0.15) is 74.5 Å². The van der Waals surface area contributed by atoms with E-state index in [1.807, 2.05) is 108 Å². The van der Waals surface area contributed by atoms with Crippen LogP contribution in [0.15, 0.2) is 200 Å². The molecule has 0 saturated heterocycles. The summed E-state index contributed by atoms with van der Waals surface area (Å²) in [6.45, 7) is -6.37. The molecule has 0 aliphatic rings. The summed E-state index contributed by atoms with van der Waals surface area (Å²) in [5.74, 6) is 0.284. The van der Waals surface area contributed by atoms with Crippen molar-refractivity contribution in [2.75, 3.05) is 0 Å². The summed E-state index contributed by atoms with van der Waals surface area (Å²) in [4.78, 5) is 10.1. The van der Waals surface area contributed by atoms with Gasteiger partial charge >= 0.3 is 0 Å². The van der Waals surface area contributed by atoms with Gasteiger partial charge in [-0.2, -0.15) is 0 Å². The number of phenols is 1. The Bertz CT molecular complexity index is 3850. The van der Waals surface area contributed by atoms with Crippen molar-refractivity contribution in [2.45, 2.75) is 59.0 Å². The number of nitrogens with zero attached hydrogens (tertiary/aromatic N) is 3. The fraction of sp³-hybridized carbons (Fsp3) is 0.143. The molecule has 0 saturated carbocycles. The predicted molar refractivity (Wildman–Crippen MR) is 281 cm³/mol. The van der Waals surface area contributed by atoms with E-state index in [-0.39, 0.29) is 22.3 Å². The molecule has 8 aromatic carbocycles. The molecule has 0 bridgehead atoms. The zero-order chi connectivity index (χ0) is 56.5. The summed E-state index contributed by atoms with van der Waals surface area (Å²) in [6, 6.07) is 59.5. The maximum atomic E-state index is 11.6. The van der Waals surface area contributed by atoms with Gasteiger partial charge in [0.25, 0.3) is 0 Å². The van der Waals surface area contributed by atoms with Gasteiger partial charge in [0.1, 0.15) is 11.6 Å². The largest absolute Gasteiger partial charge is 0.507 e. The monoisotopic (exact) mass is 882 g/mol. The minimum absolute atomic E-state index is 0.0422. The van der Waals surface area contributed by atoms with Crippen LogP contribution in [-0.2, 0) is 10.8 Å². The number of hydrogen-bond acceptors (Lipinski definition) is 3. The fourth-order valence-electron chi connectivity index (χ4n) is 9.06. The van der Waals surface area contributed by atoms with Crippen LogP contribution in [0.3, 0.4) is 0 Å². The number of aromatic hydroxyl groups is 1. The lowest BCUT2D eigenvalue weighted by atomic mass is 9.78. The minimum atomic E-state index is -3.40. The lowest BCUT2D eigenvalue weighted by Crippen LogP contribution is -2.13. The Balaban J connectivity index is 1.16. The van der Waals surface area contributed by atoms with Crippen LogP contribution < -0.4 is 0 Å². The first-order valence-electron chi connectivity index (χ1n) is 28.2. The smallest absolute Gasteiger partial charge is 0.149 e. The second-order valence-electron chi connectivity index (χ2n) is 18.0. The molecule has 0 amide bonds. The Morgan fingerprint density at radius 3 is 1.87 bits per heavy atom. The first kappa shape index (κ1) is 31.2. The van der Waals surface area contributed by atoms with Crippen molar-refractivity contribution in [3.63, 3.8) is 0 Å². The molecule has 0 aliphatic heterocycles. The Labute approximate surface area is 411 Å². The van der Waals surface area contributed by atoms with E-state index in [1.165, 1.54) is 24.3 Å². The minimum Gasteiger partial charge on any atom is -0.507 e. The maximum absolute atomic E-state index is 11.6. The number of imidazole rings is 1. The molecule has 67 heavy (non-hydrogen) atoms. The van der Waals surface area contributed by atoms with Crippen LogP contribution in [0.2, 0.25) is 0 Å². The quantitative estimate of drug-likeness (QED) is 0.165. The van der Waals surface area contributed by atoms with Crippen molar-refractivity contribution >= 4 is 11.0 Å².